The zero-order valence-electron chi connectivity index (χ0n) is 12.1. The fourth-order valence-corrected chi connectivity index (χ4v) is 4.48. The summed E-state index contributed by atoms with van der Waals surface area (Å²) in [7, 11) is 0. The second-order valence-electron chi connectivity index (χ2n) is 5.10. The normalized spacial score (nSPS) is 12.5. The van der Waals surface area contributed by atoms with Crippen LogP contribution in [0.1, 0.15) is 5.56 Å². The molecule has 0 saturated carbocycles. The number of benzene rings is 2. The zero-order valence-corrected chi connectivity index (χ0v) is 13.7. The molecule has 112 valence electrons. The number of hydrogen-bond acceptors (Lipinski definition) is 5. The first-order valence-corrected chi connectivity index (χ1v) is 8.87. The van der Waals surface area contributed by atoms with E-state index in [1.807, 2.05) is 46.9 Å². The van der Waals surface area contributed by atoms with E-state index in [2.05, 4.69) is 28.4 Å². The highest BCUT2D eigenvalue weighted by Gasteiger charge is 2.18. The van der Waals surface area contributed by atoms with Crippen LogP contribution >= 0.6 is 23.1 Å². The summed E-state index contributed by atoms with van der Waals surface area (Å²) in [5.41, 5.74) is 2.25. The summed E-state index contributed by atoms with van der Waals surface area (Å²) >= 11 is 3.09. The molecule has 0 saturated heterocycles. The predicted octanol–water partition coefficient (Wildman–Crippen LogP) is 4.17. The zero-order chi connectivity index (χ0) is 15.6. The molecule has 0 aliphatic heterocycles. The molecule has 6 heteroatoms. The van der Waals surface area contributed by atoms with E-state index in [0.29, 0.717) is 6.42 Å². The van der Waals surface area contributed by atoms with Crippen molar-refractivity contribution in [3.8, 4) is 6.07 Å². The molecule has 0 radical (unpaired) electrons. The molecule has 4 nitrogen and oxygen atoms in total. The monoisotopic (exact) mass is 336 g/mol. The van der Waals surface area contributed by atoms with Gasteiger partial charge < -0.3 is 0 Å². The lowest BCUT2D eigenvalue weighted by atomic mass is 10.1. The topological polar surface area (TPSA) is 54.0 Å². The van der Waals surface area contributed by atoms with Crippen molar-refractivity contribution in [1.82, 2.24) is 14.6 Å². The molecule has 0 amide bonds. The van der Waals surface area contributed by atoms with Crippen molar-refractivity contribution in [2.45, 2.75) is 16.8 Å². The van der Waals surface area contributed by atoms with Gasteiger partial charge in [-0.05, 0) is 24.1 Å². The van der Waals surface area contributed by atoms with Crippen molar-refractivity contribution < 1.29 is 0 Å². The van der Waals surface area contributed by atoms with Gasteiger partial charge >= 0.3 is 0 Å². The van der Waals surface area contributed by atoms with Crippen molar-refractivity contribution in [3.05, 3.63) is 60.2 Å². The first-order chi connectivity index (χ1) is 11.3. The second-order valence-corrected chi connectivity index (χ2v) is 7.27. The summed E-state index contributed by atoms with van der Waals surface area (Å²) in [6.07, 6.45) is 0.693. The van der Waals surface area contributed by atoms with Crippen molar-refractivity contribution in [1.29, 1.82) is 5.26 Å². The minimum absolute atomic E-state index is 0.191. The molecule has 0 spiro atoms. The standard InChI is InChI=1S/C17H12N4S2/c18-11-13(10-12-6-2-1-3-7-12)22-16-19-20-17-21(16)14-8-4-5-9-15(14)23-17/h1-9,13H,10H2/t13-/m1/s1. The number of fused-ring (bicyclic) bond motifs is 3. The number of para-hydroxylation sites is 1. The van der Waals surface area contributed by atoms with E-state index >= 15 is 0 Å². The van der Waals surface area contributed by atoms with Gasteiger partial charge in [0.15, 0.2) is 5.16 Å². The highest BCUT2D eigenvalue weighted by Crippen LogP contribution is 2.31. The van der Waals surface area contributed by atoms with Gasteiger partial charge in [-0.15, -0.1) is 10.2 Å². The molecule has 2 heterocycles. The van der Waals surface area contributed by atoms with Crippen molar-refractivity contribution in [2.24, 2.45) is 0 Å². The Balaban J connectivity index is 1.67. The van der Waals surface area contributed by atoms with Gasteiger partial charge in [0.05, 0.1) is 16.3 Å². The highest BCUT2D eigenvalue weighted by molar-refractivity contribution is 8.00. The molecule has 4 aromatic rings. The molecule has 0 aliphatic rings. The van der Waals surface area contributed by atoms with Crippen molar-refractivity contribution in [3.63, 3.8) is 0 Å². The molecule has 0 unspecified atom stereocenters. The van der Waals surface area contributed by atoms with Crippen LogP contribution < -0.4 is 0 Å². The van der Waals surface area contributed by atoms with Gasteiger partial charge in [0.25, 0.3) is 0 Å². The van der Waals surface area contributed by atoms with Crippen LogP contribution in [0.25, 0.3) is 15.2 Å². The smallest absolute Gasteiger partial charge is 0.217 e. The molecule has 0 N–H and O–H groups in total. The molecular weight excluding hydrogens is 324 g/mol. The summed E-state index contributed by atoms with van der Waals surface area (Å²) in [6.45, 7) is 0. The molecule has 0 bridgehead atoms. The Hall–Kier alpha value is -2.36. The average molecular weight is 336 g/mol. The Morgan fingerprint density at radius 2 is 1.87 bits per heavy atom. The quantitative estimate of drug-likeness (QED) is 0.525. The molecule has 4 rings (SSSR count). The van der Waals surface area contributed by atoms with Gasteiger partial charge in [-0.3, -0.25) is 4.40 Å². The van der Waals surface area contributed by atoms with Crippen molar-refractivity contribution in [2.75, 3.05) is 0 Å². The Labute approximate surface area is 141 Å². The van der Waals surface area contributed by atoms with E-state index in [1.165, 1.54) is 16.5 Å². The van der Waals surface area contributed by atoms with Crippen LogP contribution in [0.4, 0.5) is 0 Å². The van der Waals surface area contributed by atoms with E-state index in [1.54, 1.807) is 11.3 Å². The molecule has 23 heavy (non-hydrogen) atoms. The van der Waals surface area contributed by atoms with E-state index in [9.17, 15) is 5.26 Å². The van der Waals surface area contributed by atoms with Gasteiger partial charge in [0.1, 0.15) is 5.25 Å². The second kappa shape index (κ2) is 6.03. The maximum Gasteiger partial charge on any atom is 0.217 e. The number of nitriles is 1. The minimum atomic E-state index is -0.191. The lowest BCUT2D eigenvalue weighted by molar-refractivity contribution is 0.926. The largest absolute Gasteiger partial charge is 0.260 e. The number of nitrogens with zero attached hydrogens (tertiary/aromatic N) is 4. The third-order valence-electron chi connectivity index (χ3n) is 3.57. The maximum absolute atomic E-state index is 9.50. The van der Waals surface area contributed by atoms with E-state index < -0.39 is 0 Å². The van der Waals surface area contributed by atoms with Gasteiger partial charge in [0.2, 0.25) is 4.96 Å². The Morgan fingerprint density at radius 1 is 1.09 bits per heavy atom. The van der Waals surface area contributed by atoms with Gasteiger partial charge in [-0.25, -0.2) is 0 Å². The van der Waals surface area contributed by atoms with E-state index in [0.717, 1.165) is 21.2 Å². The van der Waals surface area contributed by atoms with Crippen LogP contribution in [-0.4, -0.2) is 19.8 Å². The number of hydrogen-bond donors (Lipinski definition) is 0. The first kappa shape index (κ1) is 14.2. The summed E-state index contributed by atoms with van der Waals surface area (Å²) < 4.78 is 3.22. The van der Waals surface area contributed by atoms with Gasteiger partial charge in [0, 0.05) is 0 Å². The summed E-state index contributed by atoms with van der Waals surface area (Å²) in [4.78, 5) is 0.866. The third kappa shape index (κ3) is 2.69. The van der Waals surface area contributed by atoms with Crippen LogP contribution in [0, 0.1) is 11.3 Å². The van der Waals surface area contributed by atoms with E-state index in [4.69, 9.17) is 0 Å². The van der Waals surface area contributed by atoms with Crippen LogP contribution in [-0.2, 0) is 6.42 Å². The van der Waals surface area contributed by atoms with Crippen LogP contribution in [0.15, 0.2) is 59.8 Å². The number of thiazole rings is 1. The van der Waals surface area contributed by atoms with E-state index in [-0.39, 0.29) is 5.25 Å². The first-order valence-electron chi connectivity index (χ1n) is 7.18. The minimum Gasteiger partial charge on any atom is -0.260 e. The van der Waals surface area contributed by atoms with Crippen LogP contribution in [0.5, 0.6) is 0 Å². The molecular formula is C17H12N4S2. The Bertz CT molecular complexity index is 998. The lowest BCUT2D eigenvalue weighted by Crippen LogP contribution is -2.05. The Morgan fingerprint density at radius 3 is 2.70 bits per heavy atom. The van der Waals surface area contributed by atoms with Crippen molar-refractivity contribution >= 4 is 38.3 Å². The lowest BCUT2D eigenvalue weighted by Gasteiger charge is -2.07. The molecule has 1 atom stereocenters. The van der Waals surface area contributed by atoms with Gasteiger partial charge in [-0.2, -0.15) is 5.26 Å². The molecule has 2 aromatic heterocycles. The maximum atomic E-state index is 9.50. The number of aromatic nitrogens is 3. The molecule has 0 aliphatic carbocycles. The number of rotatable bonds is 4. The number of thioether (sulfide) groups is 1. The fraction of sp³-hybridized carbons (Fsp3) is 0.118. The summed E-state index contributed by atoms with van der Waals surface area (Å²) in [5.74, 6) is 0. The molecule has 2 aromatic carbocycles. The predicted molar refractivity (Wildman–Crippen MR) is 93.8 cm³/mol. The third-order valence-corrected chi connectivity index (χ3v) is 5.61. The van der Waals surface area contributed by atoms with Crippen LogP contribution in [0.2, 0.25) is 0 Å². The fourth-order valence-electron chi connectivity index (χ4n) is 2.50. The van der Waals surface area contributed by atoms with Gasteiger partial charge in [-0.1, -0.05) is 65.6 Å². The molecule has 0 fully saturated rings. The Kier molecular flexibility index (Phi) is 3.74. The SMILES string of the molecule is N#C[C@@H](Cc1ccccc1)Sc1nnc2sc3ccccc3n12. The summed E-state index contributed by atoms with van der Waals surface area (Å²) in [6, 6.07) is 20.6. The van der Waals surface area contributed by atoms with Crippen LogP contribution in [0.3, 0.4) is 0 Å². The highest BCUT2D eigenvalue weighted by atomic mass is 32.2. The average Bonchev–Trinajstić information content (AvgIpc) is 3.15. The summed E-state index contributed by atoms with van der Waals surface area (Å²) in [5, 5.41) is 18.6.